The van der Waals surface area contributed by atoms with Gasteiger partial charge in [-0.3, -0.25) is 5.84 Å². The van der Waals surface area contributed by atoms with Crippen LogP contribution in [0.5, 0.6) is 0 Å². The first-order valence-corrected chi connectivity index (χ1v) is 6.07. The molecule has 1 aliphatic heterocycles. The Bertz CT molecular complexity index is 394. The second-order valence-corrected chi connectivity index (χ2v) is 4.50. The number of nitrogens with two attached hydrogens (primary N) is 1. The van der Waals surface area contributed by atoms with Gasteiger partial charge in [0.15, 0.2) is 0 Å². The van der Waals surface area contributed by atoms with Gasteiger partial charge in [0.05, 0.1) is 11.6 Å². The highest BCUT2D eigenvalue weighted by atomic mass is 19.1. The molecule has 1 aromatic rings. The number of nitrogens with one attached hydrogen (secondary N) is 1. The van der Waals surface area contributed by atoms with Crippen molar-refractivity contribution in [2.45, 2.75) is 24.5 Å². The summed E-state index contributed by atoms with van der Waals surface area (Å²) in [6, 6.07) is 6.24. The van der Waals surface area contributed by atoms with Crippen LogP contribution in [0.3, 0.4) is 0 Å². The van der Waals surface area contributed by atoms with Crippen molar-refractivity contribution in [1.82, 2.24) is 5.43 Å². The average Bonchev–Trinajstić information content (AvgIpc) is 2.43. The van der Waals surface area contributed by atoms with Gasteiger partial charge in [-0.2, -0.15) is 0 Å². The molecule has 1 unspecified atom stereocenters. The highest BCUT2D eigenvalue weighted by Gasteiger charge is 2.42. The van der Waals surface area contributed by atoms with E-state index in [9.17, 15) is 4.39 Å². The summed E-state index contributed by atoms with van der Waals surface area (Å²) < 4.78 is 24.9. The Morgan fingerprint density at radius 2 is 2.06 bits per heavy atom. The highest BCUT2D eigenvalue weighted by Crippen LogP contribution is 2.37. The maximum absolute atomic E-state index is 13.9. The van der Waals surface area contributed by atoms with Gasteiger partial charge >= 0.3 is 0 Å². The van der Waals surface area contributed by atoms with Gasteiger partial charge in [0.25, 0.3) is 0 Å². The van der Waals surface area contributed by atoms with Crippen LogP contribution < -0.4 is 11.3 Å². The number of ether oxygens (including phenoxy) is 2. The summed E-state index contributed by atoms with van der Waals surface area (Å²) in [5, 5.41) is 0. The quantitative estimate of drug-likeness (QED) is 0.632. The van der Waals surface area contributed by atoms with Crippen molar-refractivity contribution < 1.29 is 13.9 Å². The zero-order valence-electron chi connectivity index (χ0n) is 10.5. The van der Waals surface area contributed by atoms with E-state index < -0.39 is 5.60 Å². The van der Waals surface area contributed by atoms with Gasteiger partial charge in [0, 0.05) is 38.7 Å². The number of hydrogen-bond donors (Lipinski definition) is 2. The van der Waals surface area contributed by atoms with Crippen molar-refractivity contribution in [3.63, 3.8) is 0 Å². The molecular weight excluding hydrogens is 235 g/mol. The molecule has 0 radical (unpaired) electrons. The average molecular weight is 254 g/mol. The van der Waals surface area contributed by atoms with Gasteiger partial charge in [-0.1, -0.05) is 18.2 Å². The number of benzene rings is 1. The molecule has 0 amide bonds. The van der Waals surface area contributed by atoms with Gasteiger partial charge in [0.2, 0.25) is 0 Å². The Morgan fingerprint density at radius 3 is 2.61 bits per heavy atom. The predicted octanol–water partition coefficient (Wildman–Crippen LogP) is 1.53. The van der Waals surface area contributed by atoms with Crippen molar-refractivity contribution in [3.05, 3.63) is 35.6 Å². The maximum atomic E-state index is 13.9. The summed E-state index contributed by atoms with van der Waals surface area (Å²) in [6.07, 6.45) is 1.37. The zero-order chi connectivity index (χ0) is 13.0. The van der Waals surface area contributed by atoms with Crippen LogP contribution in [0.4, 0.5) is 4.39 Å². The number of hydrogen-bond acceptors (Lipinski definition) is 4. The first kappa shape index (κ1) is 13.4. The Balaban J connectivity index is 2.34. The minimum absolute atomic E-state index is 0.275. The number of rotatable bonds is 4. The van der Waals surface area contributed by atoms with E-state index in [1.165, 1.54) is 6.07 Å². The molecule has 0 aromatic heterocycles. The molecule has 100 valence electrons. The van der Waals surface area contributed by atoms with Crippen molar-refractivity contribution >= 4 is 0 Å². The largest absolute Gasteiger partial charge is 0.381 e. The summed E-state index contributed by atoms with van der Waals surface area (Å²) in [5.74, 6) is 5.35. The van der Waals surface area contributed by atoms with E-state index >= 15 is 0 Å². The molecule has 5 heteroatoms. The molecular formula is C13H19FN2O2. The smallest absolute Gasteiger partial charge is 0.128 e. The lowest BCUT2D eigenvalue weighted by Crippen LogP contribution is -2.51. The van der Waals surface area contributed by atoms with Crippen molar-refractivity contribution in [2.75, 3.05) is 20.3 Å². The first-order valence-electron chi connectivity index (χ1n) is 6.07. The molecule has 1 aliphatic rings. The Hall–Kier alpha value is -1.01. The van der Waals surface area contributed by atoms with Crippen molar-refractivity contribution in [3.8, 4) is 0 Å². The number of hydrazine groups is 1. The molecule has 0 saturated carbocycles. The van der Waals surface area contributed by atoms with E-state index in [2.05, 4.69) is 5.43 Å². The van der Waals surface area contributed by atoms with E-state index in [4.69, 9.17) is 15.3 Å². The van der Waals surface area contributed by atoms with Crippen LogP contribution in [0.1, 0.15) is 24.4 Å². The topological polar surface area (TPSA) is 56.5 Å². The monoisotopic (exact) mass is 254 g/mol. The standard InChI is InChI=1S/C13H19FN2O2/c1-17-13(6-8-18-9-7-13)12(16-15)10-4-2-3-5-11(10)14/h2-5,12,16H,6-9,15H2,1H3. The Kier molecular flexibility index (Phi) is 4.29. The van der Waals surface area contributed by atoms with Crippen LogP contribution in [0.2, 0.25) is 0 Å². The Morgan fingerprint density at radius 1 is 1.39 bits per heavy atom. The van der Waals surface area contributed by atoms with Gasteiger partial charge < -0.3 is 9.47 Å². The second-order valence-electron chi connectivity index (χ2n) is 4.50. The molecule has 1 fully saturated rings. The van der Waals surface area contributed by atoms with Crippen LogP contribution >= 0.6 is 0 Å². The minimum Gasteiger partial charge on any atom is -0.381 e. The number of halogens is 1. The third kappa shape index (κ3) is 2.40. The molecule has 0 spiro atoms. The van der Waals surface area contributed by atoms with Crippen LogP contribution in [-0.2, 0) is 9.47 Å². The minimum atomic E-state index is -0.519. The summed E-state index contributed by atoms with van der Waals surface area (Å²) in [6.45, 7) is 1.20. The summed E-state index contributed by atoms with van der Waals surface area (Å²) in [5.41, 5.74) is 2.71. The highest BCUT2D eigenvalue weighted by molar-refractivity contribution is 5.24. The van der Waals surface area contributed by atoms with E-state index in [-0.39, 0.29) is 11.9 Å². The lowest BCUT2D eigenvalue weighted by Gasteiger charge is -2.42. The van der Waals surface area contributed by atoms with E-state index in [1.54, 1.807) is 25.3 Å². The van der Waals surface area contributed by atoms with Crippen molar-refractivity contribution in [1.29, 1.82) is 0 Å². The molecule has 1 aromatic carbocycles. The first-order chi connectivity index (χ1) is 8.73. The fourth-order valence-corrected chi connectivity index (χ4v) is 2.56. The molecule has 1 atom stereocenters. The molecule has 1 saturated heterocycles. The van der Waals surface area contributed by atoms with Gasteiger partial charge in [-0.05, 0) is 6.07 Å². The van der Waals surface area contributed by atoms with E-state index in [1.807, 2.05) is 0 Å². The molecule has 18 heavy (non-hydrogen) atoms. The van der Waals surface area contributed by atoms with E-state index in [0.29, 0.717) is 31.6 Å². The number of methoxy groups -OCH3 is 1. The van der Waals surface area contributed by atoms with Crippen molar-refractivity contribution in [2.24, 2.45) is 5.84 Å². The van der Waals surface area contributed by atoms with Crippen LogP contribution in [0.25, 0.3) is 0 Å². The third-order valence-corrected chi connectivity index (χ3v) is 3.65. The molecule has 4 nitrogen and oxygen atoms in total. The van der Waals surface area contributed by atoms with Crippen LogP contribution in [0.15, 0.2) is 24.3 Å². The van der Waals surface area contributed by atoms with Crippen LogP contribution in [0, 0.1) is 5.82 Å². The molecule has 0 aliphatic carbocycles. The third-order valence-electron chi connectivity index (χ3n) is 3.65. The normalized spacial score (nSPS) is 20.6. The SMILES string of the molecule is COC1(C(NN)c2ccccc2F)CCOCC1. The predicted molar refractivity (Wildman–Crippen MR) is 66.3 cm³/mol. The zero-order valence-corrected chi connectivity index (χ0v) is 10.5. The summed E-state index contributed by atoms with van der Waals surface area (Å²) in [7, 11) is 1.64. The lowest BCUT2D eigenvalue weighted by atomic mass is 9.82. The fraction of sp³-hybridized carbons (Fsp3) is 0.538. The maximum Gasteiger partial charge on any atom is 0.128 e. The van der Waals surface area contributed by atoms with Crippen LogP contribution in [-0.4, -0.2) is 25.9 Å². The lowest BCUT2D eigenvalue weighted by molar-refractivity contribution is -0.112. The second kappa shape index (κ2) is 5.75. The van der Waals surface area contributed by atoms with Gasteiger partial charge in [0.1, 0.15) is 5.82 Å². The molecule has 1 heterocycles. The molecule has 2 rings (SSSR count). The Labute approximate surface area is 106 Å². The molecule has 3 N–H and O–H groups in total. The fourth-order valence-electron chi connectivity index (χ4n) is 2.56. The van der Waals surface area contributed by atoms with E-state index in [0.717, 1.165) is 0 Å². The molecule has 0 bridgehead atoms. The summed E-state index contributed by atoms with van der Waals surface area (Å²) >= 11 is 0. The van der Waals surface area contributed by atoms with Gasteiger partial charge in [-0.25, -0.2) is 9.82 Å². The summed E-state index contributed by atoms with van der Waals surface area (Å²) in [4.78, 5) is 0. The van der Waals surface area contributed by atoms with Gasteiger partial charge in [-0.15, -0.1) is 0 Å².